The molecule has 2 aromatic carbocycles. The van der Waals surface area contributed by atoms with Crippen molar-refractivity contribution >= 4 is 16.1 Å². The van der Waals surface area contributed by atoms with Crippen molar-refractivity contribution in [1.82, 2.24) is 14.5 Å². The van der Waals surface area contributed by atoms with Crippen LogP contribution < -0.4 is 14.8 Å². The monoisotopic (exact) mass is 469 g/mol. The van der Waals surface area contributed by atoms with Gasteiger partial charge in [0.05, 0.1) is 14.2 Å². The first-order valence-electron chi connectivity index (χ1n) is 9.95. The van der Waals surface area contributed by atoms with Gasteiger partial charge >= 0.3 is 6.03 Å². The van der Waals surface area contributed by atoms with Crippen LogP contribution in [0.4, 0.5) is 13.6 Å². The molecule has 2 aromatic rings. The Bertz CT molecular complexity index is 1070. The maximum absolute atomic E-state index is 13.9. The van der Waals surface area contributed by atoms with Gasteiger partial charge in [-0.2, -0.15) is 4.31 Å². The molecule has 0 aromatic heterocycles. The summed E-state index contributed by atoms with van der Waals surface area (Å²) in [7, 11) is -1.09. The molecule has 0 bridgehead atoms. The lowest BCUT2D eigenvalue weighted by atomic mass is 10.1. The molecule has 32 heavy (non-hydrogen) atoms. The van der Waals surface area contributed by atoms with Crippen LogP contribution in [0.2, 0.25) is 0 Å². The summed E-state index contributed by atoms with van der Waals surface area (Å²) in [6.07, 6.45) is 0.569. The van der Waals surface area contributed by atoms with Gasteiger partial charge in [0, 0.05) is 32.7 Å². The van der Waals surface area contributed by atoms with Gasteiger partial charge in [0.1, 0.15) is 16.5 Å². The van der Waals surface area contributed by atoms with Gasteiger partial charge in [0.25, 0.3) is 0 Å². The Balaban J connectivity index is 1.52. The van der Waals surface area contributed by atoms with Crippen LogP contribution in [0.25, 0.3) is 0 Å². The Morgan fingerprint density at radius 1 is 1.00 bits per heavy atom. The first-order valence-corrected chi connectivity index (χ1v) is 11.4. The summed E-state index contributed by atoms with van der Waals surface area (Å²) in [6.45, 7) is 0.626. The highest BCUT2D eigenvalue weighted by Crippen LogP contribution is 2.27. The Morgan fingerprint density at radius 3 is 2.34 bits per heavy atom. The SMILES string of the molecule is COc1ccc(CCNC(=O)N2CCN(S(=O)(=O)c3cc(F)ccc3F)CC2)cc1OC. The predicted octanol–water partition coefficient (Wildman–Crippen LogP) is 2.24. The molecule has 1 fully saturated rings. The number of benzene rings is 2. The van der Waals surface area contributed by atoms with E-state index in [-0.39, 0.29) is 32.2 Å². The Hall–Kier alpha value is -2.92. The van der Waals surface area contributed by atoms with Crippen molar-refractivity contribution in [2.24, 2.45) is 0 Å². The fourth-order valence-electron chi connectivity index (χ4n) is 3.41. The Kier molecular flexibility index (Phi) is 7.52. The minimum absolute atomic E-state index is 0.0125. The van der Waals surface area contributed by atoms with Gasteiger partial charge in [-0.25, -0.2) is 22.0 Å². The molecular weight excluding hydrogens is 444 g/mol. The summed E-state index contributed by atoms with van der Waals surface area (Å²) in [5.41, 5.74) is 0.955. The van der Waals surface area contributed by atoms with Crippen molar-refractivity contribution < 1.29 is 31.5 Å². The second kappa shape index (κ2) is 10.1. The van der Waals surface area contributed by atoms with E-state index in [0.29, 0.717) is 30.5 Å². The van der Waals surface area contributed by atoms with E-state index in [0.717, 1.165) is 22.0 Å². The second-order valence-electron chi connectivity index (χ2n) is 7.14. The van der Waals surface area contributed by atoms with Gasteiger partial charge in [-0.1, -0.05) is 6.07 Å². The zero-order valence-corrected chi connectivity index (χ0v) is 18.6. The highest BCUT2D eigenvalue weighted by atomic mass is 32.2. The average Bonchev–Trinajstić information content (AvgIpc) is 2.80. The van der Waals surface area contributed by atoms with Gasteiger partial charge in [-0.15, -0.1) is 0 Å². The van der Waals surface area contributed by atoms with Crippen LogP contribution in [0.5, 0.6) is 11.5 Å². The summed E-state index contributed by atoms with van der Waals surface area (Å²) >= 11 is 0. The number of hydrogen-bond donors (Lipinski definition) is 1. The van der Waals surface area contributed by atoms with E-state index in [1.807, 2.05) is 12.1 Å². The second-order valence-corrected chi connectivity index (χ2v) is 9.04. The van der Waals surface area contributed by atoms with Gasteiger partial charge in [0.15, 0.2) is 11.5 Å². The van der Waals surface area contributed by atoms with Crippen molar-refractivity contribution in [3.05, 3.63) is 53.6 Å². The lowest BCUT2D eigenvalue weighted by Gasteiger charge is -2.34. The molecule has 11 heteroatoms. The normalized spacial score (nSPS) is 14.8. The molecule has 0 unspecified atom stereocenters. The molecule has 0 spiro atoms. The summed E-state index contributed by atoms with van der Waals surface area (Å²) < 4.78 is 64.1. The number of halogens is 2. The van der Waals surface area contributed by atoms with E-state index in [4.69, 9.17) is 9.47 Å². The topological polar surface area (TPSA) is 88.2 Å². The summed E-state index contributed by atoms with van der Waals surface area (Å²) in [5.74, 6) is -0.631. The molecule has 1 N–H and O–H groups in total. The van der Waals surface area contributed by atoms with E-state index in [1.165, 1.54) is 4.90 Å². The number of piperazine rings is 1. The number of carbonyl (C=O) groups excluding carboxylic acids is 1. The van der Waals surface area contributed by atoms with Gasteiger partial charge in [-0.3, -0.25) is 0 Å². The number of methoxy groups -OCH3 is 2. The third-order valence-electron chi connectivity index (χ3n) is 5.17. The highest BCUT2D eigenvalue weighted by molar-refractivity contribution is 7.89. The molecule has 3 rings (SSSR count). The molecule has 1 saturated heterocycles. The van der Waals surface area contributed by atoms with Crippen LogP contribution in [-0.4, -0.2) is 70.6 Å². The Morgan fingerprint density at radius 2 is 1.69 bits per heavy atom. The van der Waals surface area contributed by atoms with Crippen LogP contribution in [0, 0.1) is 11.6 Å². The first-order chi connectivity index (χ1) is 15.3. The standard InChI is InChI=1S/C21H25F2N3O5S/c1-30-18-6-3-15(13-19(18)31-2)7-8-24-21(27)25-9-11-26(12-10-25)32(28,29)20-14-16(22)4-5-17(20)23/h3-6,13-14H,7-12H2,1-2H3,(H,24,27). The summed E-state index contributed by atoms with van der Waals surface area (Å²) in [5, 5.41) is 2.81. The van der Waals surface area contributed by atoms with Crippen LogP contribution in [0.15, 0.2) is 41.3 Å². The molecule has 2 amide bonds. The molecule has 1 aliphatic rings. The van der Waals surface area contributed by atoms with E-state index in [1.54, 1.807) is 20.3 Å². The van der Waals surface area contributed by atoms with E-state index in [2.05, 4.69) is 5.32 Å². The van der Waals surface area contributed by atoms with Crippen molar-refractivity contribution in [3.63, 3.8) is 0 Å². The maximum Gasteiger partial charge on any atom is 0.317 e. The van der Waals surface area contributed by atoms with Crippen LogP contribution in [-0.2, 0) is 16.4 Å². The molecular formula is C21H25F2N3O5S. The number of rotatable bonds is 7. The smallest absolute Gasteiger partial charge is 0.317 e. The molecule has 0 aliphatic carbocycles. The fraction of sp³-hybridized carbons (Fsp3) is 0.381. The van der Waals surface area contributed by atoms with Gasteiger partial charge in [-0.05, 0) is 42.3 Å². The largest absolute Gasteiger partial charge is 0.493 e. The third kappa shape index (κ3) is 5.28. The highest BCUT2D eigenvalue weighted by Gasteiger charge is 2.32. The minimum Gasteiger partial charge on any atom is -0.493 e. The summed E-state index contributed by atoms with van der Waals surface area (Å²) in [4.78, 5) is 13.2. The molecule has 1 aliphatic heterocycles. The zero-order chi connectivity index (χ0) is 23.3. The molecule has 0 radical (unpaired) electrons. The van der Waals surface area contributed by atoms with E-state index in [9.17, 15) is 22.0 Å². The molecule has 1 heterocycles. The minimum atomic E-state index is -4.19. The molecule has 8 nitrogen and oxygen atoms in total. The van der Waals surface area contributed by atoms with Gasteiger partial charge in [0.2, 0.25) is 10.0 Å². The fourth-order valence-corrected chi connectivity index (χ4v) is 4.91. The number of carbonyl (C=O) groups is 1. The number of amides is 2. The molecule has 0 atom stereocenters. The van der Waals surface area contributed by atoms with Crippen molar-refractivity contribution in [3.8, 4) is 11.5 Å². The number of nitrogens with one attached hydrogen (secondary N) is 1. The van der Waals surface area contributed by atoms with Crippen molar-refractivity contribution in [2.75, 3.05) is 46.9 Å². The predicted molar refractivity (Wildman–Crippen MR) is 113 cm³/mol. The van der Waals surface area contributed by atoms with Crippen LogP contribution >= 0.6 is 0 Å². The van der Waals surface area contributed by atoms with Crippen molar-refractivity contribution in [2.45, 2.75) is 11.3 Å². The Labute approximate surface area is 185 Å². The number of nitrogens with zero attached hydrogens (tertiary/aromatic N) is 2. The lowest BCUT2D eigenvalue weighted by molar-refractivity contribution is 0.172. The maximum atomic E-state index is 13.9. The quantitative estimate of drug-likeness (QED) is 0.672. The zero-order valence-electron chi connectivity index (χ0n) is 17.8. The van der Waals surface area contributed by atoms with E-state index < -0.39 is 26.6 Å². The summed E-state index contributed by atoms with van der Waals surface area (Å²) in [6, 6.07) is 7.49. The van der Waals surface area contributed by atoms with Crippen LogP contribution in [0.3, 0.4) is 0 Å². The average molecular weight is 470 g/mol. The first kappa shape index (κ1) is 23.7. The van der Waals surface area contributed by atoms with Crippen LogP contribution in [0.1, 0.15) is 5.56 Å². The number of urea groups is 1. The number of ether oxygens (including phenoxy) is 2. The van der Waals surface area contributed by atoms with Crippen molar-refractivity contribution in [1.29, 1.82) is 0 Å². The van der Waals surface area contributed by atoms with Gasteiger partial charge < -0.3 is 19.7 Å². The number of hydrogen-bond acceptors (Lipinski definition) is 5. The molecule has 174 valence electrons. The third-order valence-corrected chi connectivity index (χ3v) is 7.09. The molecule has 0 saturated carbocycles. The number of sulfonamides is 1. The van der Waals surface area contributed by atoms with E-state index >= 15 is 0 Å². The lowest BCUT2D eigenvalue weighted by Crippen LogP contribution is -2.53.